The lowest BCUT2D eigenvalue weighted by atomic mass is 10.1. The minimum absolute atomic E-state index is 0.144. The summed E-state index contributed by atoms with van der Waals surface area (Å²) in [5.41, 5.74) is 2.21. The molecule has 2 aromatic heterocycles. The normalized spacial score (nSPS) is 10.9. The first-order chi connectivity index (χ1) is 15.0. The van der Waals surface area contributed by atoms with Crippen LogP contribution >= 0.6 is 11.3 Å². The minimum atomic E-state index is -0.533. The van der Waals surface area contributed by atoms with Crippen molar-refractivity contribution in [2.24, 2.45) is 0 Å². The number of methoxy groups -OCH3 is 1. The molecule has 0 radical (unpaired) electrons. The van der Waals surface area contributed by atoms with Gasteiger partial charge in [-0.05, 0) is 24.3 Å². The number of halogens is 1. The molecule has 0 aliphatic rings. The number of nitrogens with one attached hydrogen (secondary N) is 2. The second-order valence-electron chi connectivity index (χ2n) is 6.71. The minimum Gasteiger partial charge on any atom is -0.451 e. The van der Waals surface area contributed by atoms with Gasteiger partial charge < -0.3 is 14.5 Å². The van der Waals surface area contributed by atoms with Crippen LogP contribution in [0.2, 0.25) is 0 Å². The van der Waals surface area contributed by atoms with Crippen LogP contribution in [0.25, 0.3) is 22.2 Å². The highest BCUT2D eigenvalue weighted by Gasteiger charge is 2.21. The Hall–Kier alpha value is -3.56. The van der Waals surface area contributed by atoms with Crippen molar-refractivity contribution in [2.75, 3.05) is 17.7 Å². The van der Waals surface area contributed by atoms with E-state index in [0.717, 1.165) is 16.7 Å². The Bertz CT molecular complexity index is 1280. The summed E-state index contributed by atoms with van der Waals surface area (Å²) in [5, 5.41) is 7.97. The van der Waals surface area contributed by atoms with Crippen molar-refractivity contribution in [3.05, 3.63) is 65.0 Å². The number of carbonyl (C=O) groups is 2. The molecule has 0 fully saturated rings. The van der Waals surface area contributed by atoms with Crippen LogP contribution in [-0.2, 0) is 16.1 Å². The third-order valence-electron chi connectivity index (χ3n) is 4.48. The number of carbonyl (C=O) groups excluding carboxylic acids is 2. The van der Waals surface area contributed by atoms with Crippen molar-refractivity contribution < 1.29 is 23.1 Å². The molecule has 7 nitrogen and oxygen atoms in total. The van der Waals surface area contributed by atoms with Gasteiger partial charge in [0, 0.05) is 41.6 Å². The fourth-order valence-corrected chi connectivity index (χ4v) is 3.89. The van der Waals surface area contributed by atoms with E-state index in [1.165, 1.54) is 19.1 Å². The van der Waals surface area contributed by atoms with Crippen LogP contribution in [0.15, 0.2) is 52.3 Å². The van der Waals surface area contributed by atoms with Gasteiger partial charge in [0.25, 0.3) is 5.91 Å². The average molecular weight is 439 g/mol. The van der Waals surface area contributed by atoms with Crippen LogP contribution < -0.4 is 10.6 Å². The van der Waals surface area contributed by atoms with Gasteiger partial charge >= 0.3 is 0 Å². The maximum Gasteiger partial charge on any atom is 0.293 e. The van der Waals surface area contributed by atoms with Crippen LogP contribution in [0.1, 0.15) is 23.0 Å². The number of hydrogen-bond acceptors (Lipinski definition) is 6. The number of benzene rings is 2. The van der Waals surface area contributed by atoms with Crippen molar-refractivity contribution in [1.29, 1.82) is 0 Å². The number of ether oxygens (including phenoxy) is 1. The quantitative estimate of drug-likeness (QED) is 0.438. The van der Waals surface area contributed by atoms with Crippen LogP contribution in [0.3, 0.4) is 0 Å². The molecule has 158 valence electrons. The highest BCUT2D eigenvalue weighted by Crippen LogP contribution is 2.30. The molecule has 0 aliphatic carbocycles. The molecule has 0 saturated heterocycles. The maximum atomic E-state index is 14.5. The Morgan fingerprint density at radius 3 is 2.74 bits per heavy atom. The lowest BCUT2D eigenvalue weighted by molar-refractivity contribution is -0.114. The van der Waals surface area contributed by atoms with Gasteiger partial charge in [-0.25, -0.2) is 9.37 Å². The number of nitrogens with zero attached hydrogens (tertiary/aromatic N) is 1. The number of aromatic nitrogens is 1. The number of furan rings is 1. The van der Waals surface area contributed by atoms with E-state index in [4.69, 9.17) is 9.15 Å². The van der Waals surface area contributed by atoms with Gasteiger partial charge in [-0.15, -0.1) is 11.3 Å². The fourth-order valence-electron chi connectivity index (χ4n) is 3.18. The van der Waals surface area contributed by atoms with E-state index in [-0.39, 0.29) is 23.8 Å². The summed E-state index contributed by atoms with van der Waals surface area (Å²) < 4.78 is 25.4. The van der Waals surface area contributed by atoms with Gasteiger partial charge in [0.15, 0.2) is 10.9 Å². The van der Waals surface area contributed by atoms with E-state index in [2.05, 4.69) is 15.6 Å². The van der Waals surface area contributed by atoms with Crippen molar-refractivity contribution >= 4 is 44.9 Å². The van der Waals surface area contributed by atoms with Gasteiger partial charge in [-0.2, -0.15) is 0 Å². The van der Waals surface area contributed by atoms with Crippen LogP contribution in [-0.4, -0.2) is 23.9 Å². The van der Waals surface area contributed by atoms with Gasteiger partial charge in [0.1, 0.15) is 11.4 Å². The summed E-state index contributed by atoms with van der Waals surface area (Å²) in [6.07, 6.45) is 0. The number of hydrogen-bond donors (Lipinski definition) is 2. The second-order valence-corrected chi connectivity index (χ2v) is 7.56. The van der Waals surface area contributed by atoms with E-state index in [1.807, 2.05) is 18.2 Å². The van der Waals surface area contributed by atoms with E-state index in [0.29, 0.717) is 27.7 Å². The van der Waals surface area contributed by atoms with Crippen molar-refractivity contribution in [1.82, 2.24) is 4.98 Å². The third-order valence-corrected chi connectivity index (χ3v) is 5.24. The van der Waals surface area contributed by atoms with Gasteiger partial charge in [0.2, 0.25) is 5.91 Å². The monoisotopic (exact) mass is 439 g/mol. The molecule has 0 atom stereocenters. The number of fused-ring (bicyclic) bond motifs is 1. The fraction of sp³-hybridized carbons (Fsp3) is 0.136. The molecule has 9 heteroatoms. The first kappa shape index (κ1) is 20.7. The molecule has 2 N–H and O–H groups in total. The molecule has 0 saturated carbocycles. The molecule has 2 amide bonds. The van der Waals surface area contributed by atoms with Gasteiger partial charge in [-0.1, -0.05) is 18.2 Å². The zero-order chi connectivity index (χ0) is 22.0. The molecule has 31 heavy (non-hydrogen) atoms. The number of rotatable bonds is 6. The molecule has 0 aliphatic heterocycles. The lowest BCUT2D eigenvalue weighted by Crippen LogP contribution is -2.13. The number of para-hydroxylation sites is 1. The Balaban J connectivity index is 1.57. The molecule has 0 unspecified atom stereocenters. The largest absolute Gasteiger partial charge is 0.451 e. The third kappa shape index (κ3) is 4.32. The lowest BCUT2D eigenvalue weighted by Gasteiger charge is -2.05. The van der Waals surface area contributed by atoms with Crippen LogP contribution in [0, 0.1) is 5.82 Å². The standard InChI is InChI=1S/C22H18FN3O4S/c1-12(27)24-13-7-8-15(17(23)9-13)18-11-31-22(25-18)26-21(28)20-16(10-29-2)14-5-3-4-6-19(14)30-20/h3-9,11H,10H2,1-2H3,(H,24,27)(H,25,26,28). The Labute approximate surface area is 180 Å². The smallest absolute Gasteiger partial charge is 0.293 e. The van der Waals surface area contributed by atoms with E-state index >= 15 is 0 Å². The predicted octanol–water partition coefficient (Wildman–Crippen LogP) is 5.05. The molecular formula is C22H18FN3O4S. The van der Waals surface area contributed by atoms with Crippen molar-refractivity contribution in [3.63, 3.8) is 0 Å². The SMILES string of the molecule is COCc1c(C(=O)Nc2nc(-c3ccc(NC(C)=O)cc3F)cs2)oc2ccccc12. The zero-order valence-corrected chi connectivity index (χ0v) is 17.5. The second kappa shape index (κ2) is 8.66. The van der Waals surface area contributed by atoms with Gasteiger partial charge in [-0.3, -0.25) is 14.9 Å². The molecule has 2 aromatic carbocycles. The summed E-state index contributed by atoms with van der Waals surface area (Å²) in [6, 6.07) is 11.7. The van der Waals surface area contributed by atoms with Crippen molar-refractivity contribution in [3.8, 4) is 11.3 Å². The topological polar surface area (TPSA) is 93.5 Å². The van der Waals surface area contributed by atoms with Crippen LogP contribution in [0.4, 0.5) is 15.2 Å². The van der Waals surface area contributed by atoms with E-state index < -0.39 is 11.7 Å². The van der Waals surface area contributed by atoms with E-state index in [9.17, 15) is 14.0 Å². The van der Waals surface area contributed by atoms with E-state index in [1.54, 1.807) is 24.6 Å². The number of anilines is 2. The summed E-state index contributed by atoms with van der Waals surface area (Å²) in [4.78, 5) is 28.3. The molecule has 4 rings (SSSR count). The zero-order valence-electron chi connectivity index (χ0n) is 16.7. The summed E-state index contributed by atoms with van der Waals surface area (Å²) in [6.45, 7) is 1.57. The summed E-state index contributed by atoms with van der Waals surface area (Å²) in [5.74, 6) is -1.14. The predicted molar refractivity (Wildman–Crippen MR) is 117 cm³/mol. The summed E-state index contributed by atoms with van der Waals surface area (Å²) in [7, 11) is 1.54. The number of thiazole rings is 1. The Kier molecular flexibility index (Phi) is 5.79. The molecule has 0 spiro atoms. The highest BCUT2D eigenvalue weighted by molar-refractivity contribution is 7.14. The molecule has 0 bridgehead atoms. The van der Waals surface area contributed by atoms with Crippen LogP contribution in [0.5, 0.6) is 0 Å². The van der Waals surface area contributed by atoms with Gasteiger partial charge in [0.05, 0.1) is 12.3 Å². The molecular weight excluding hydrogens is 421 g/mol. The maximum absolute atomic E-state index is 14.5. The number of amides is 2. The Morgan fingerprint density at radius 2 is 2.00 bits per heavy atom. The molecule has 4 aromatic rings. The molecule has 2 heterocycles. The first-order valence-corrected chi connectivity index (χ1v) is 10.2. The summed E-state index contributed by atoms with van der Waals surface area (Å²) >= 11 is 1.16. The van der Waals surface area contributed by atoms with Crippen molar-refractivity contribution in [2.45, 2.75) is 13.5 Å². The Morgan fingerprint density at radius 1 is 1.19 bits per heavy atom. The highest BCUT2D eigenvalue weighted by atomic mass is 32.1. The first-order valence-electron chi connectivity index (χ1n) is 9.30. The average Bonchev–Trinajstić information content (AvgIpc) is 3.33.